The lowest BCUT2D eigenvalue weighted by Crippen LogP contribution is -2.45. The Balaban J connectivity index is 2.13. The third-order valence-corrected chi connectivity index (χ3v) is 3.39. The topological polar surface area (TPSA) is 50.4 Å². The number of ether oxygens (including phenoxy) is 1. The summed E-state index contributed by atoms with van der Waals surface area (Å²) in [6.07, 6.45) is 0. The van der Waals surface area contributed by atoms with Gasteiger partial charge in [-0.15, -0.1) is 0 Å². The summed E-state index contributed by atoms with van der Waals surface area (Å²) >= 11 is 0. The summed E-state index contributed by atoms with van der Waals surface area (Å²) in [7, 11) is 1.63. The standard InChI is InChI=1S/C14H20N2O2/c1-10-13(14(17)15-7-8-18-2)12-6-4-3-5-11(12)9-16-10/h3-6,10,13,16H,7-9H2,1-2H3,(H,15,17). The molecular weight excluding hydrogens is 228 g/mol. The van der Waals surface area contributed by atoms with E-state index >= 15 is 0 Å². The number of nitrogens with one attached hydrogen (secondary N) is 2. The first kappa shape index (κ1) is 13.1. The van der Waals surface area contributed by atoms with E-state index in [1.807, 2.05) is 18.2 Å². The molecule has 1 aromatic carbocycles. The third kappa shape index (κ3) is 2.71. The van der Waals surface area contributed by atoms with Crippen molar-refractivity contribution < 1.29 is 9.53 Å². The highest BCUT2D eigenvalue weighted by Crippen LogP contribution is 2.27. The van der Waals surface area contributed by atoms with E-state index < -0.39 is 0 Å². The minimum Gasteiger partial charge on any atom is -0.383 e. The van der Waals surface area contributed by atoms with Gasteiger partial charge in [0.15, 0.2) is 0 Å². The van der Waals surface area contributed by atoms with Gasteiger partial charge in [-0.3, -0.25) is 4.79 Å². The molecule has 2 rings (SSSR count). The summed E-state index contributed by atoms with van der Waals surface area (Å²) in [6.45, 7) is 3.98. The molecule has 4 nitrogen and oxygen atoms in total. The van der Waals surface area contributed by atoms with E-state index in [4.69, 9.17) is 4.74 Å². The lowest BCUT2D eigenvalue weighted by atomic mass is 9.85. The molecule has 18 heavy (non-hydrogen) atoms. The minimum atomic E-state index is -0.119. The van der Waals surface area contributed by atoms with Crippen LogP contribution in [0.4, 0.5) is 0 Å². The van der Waals surface area contributed by atoms with Crippen molar-refractivity contribution in [1.82, 2.24) is 10.6 Å². The summed E-state index contributed by atoms with van der Waals surface area (Å²) in [6, 6.07) is 8.28. The monoisotopic (exact) mass is 248 g/mol. The maximum atomic E-state index is 12.2. The predicted octanol–water partition coefficient (Wildman–Crippen LogP) is 1.02. The third-order valence-electron chi connectivity index (χ3n) is 3.39. The Morgan fingerprint density at radius 1 is 1.50 bits per heavy atom. The molecule has 0 bridgehead atoms. The Bertz CT molecular complexity index is 420. The molecule has 1 amide bonds. The van der Waals surface area contributed by atoms with Gasteiger partial charge in [0.05, 0.1) is 12.5 Å². The maximum absolute atomic E-state index is 12.2. The molecule has 2 N–H and O–H groups in total. The minimum absolute atomic E-state index is 0.0687. The van der Waals surface area contributed by atoms with Crippen molar-refractivity contribution in [2.75, 3.05) is 20.3 Å². The highest BCUT2D eigenvalue weighted by molar-refractivity contribution is 5.85. The van der Waals surface area contributed by atoms with Crippen molar-refractivity contribution in [1.29, 1.82) is 0 Å². The summed E-state index contributed by atoms with van der Waals surface area (Å²) in [5.41, 5.74) is 2.35. The van der Waals surface area contributed by atoms with Crippen LogP contribution in [0.15, 0.2) is 24.3 Å². The molecular formula is C14H20N2O2. The fourth-order valence-electron chi connectivity index (χ4n) is 2.41. The van der Waals surface area contributed by atoms with Crippen molar-refractivity contribution in [2.45, 2.75) is 25.4 Å². The Morgan fingerprint density at radius 2 is 2.28 bits per heavy atom. The van der Waals surface area contributed by atoms with Crippen LogP contribution in [0, 0.1) is 0 Å². The van der Waals surface area contributed by atoms with Gasteiger partial charge in [0.1, 0.15) is 0 Å². The van der Waals surface area contributed by atoms with Gasteiger partial charge in [0.2, 0.25) is 5.91 Å². The predicted molar refractivity (Wildman–Crippen MR) is 70.4 cm³/mol. The lowest BCUT2D eigenvalue weighted by molar-refractivity contribution is -0.123. The van der Waals surface area contributed by atoms with Crippen molar-refractivity contribution in [3.05, 3.63) is 35.4 Å². The first-order valence-corrected chi connectivity index (χ1v) is 6.32. The van der Waals surface area contributed by atoms with Gasteiger partial charge in [-0.05, 0) is 18.1 Å². The molecule has 1 aromatic rings. The molecule has 0 aliphatic carbocycles. The molecule has 0 saturated carbocycles. The molecule has 1 heterocycles. The number of carbonyl (C=O) groups is 1. The van der Waals surface area contributed by atoms with E-state index in [0.717, 1.165) is 12.1 Å². The van der Waals surface area contributed by atoms with Crippen LogP contribution >= 0.6 is 0 Å². The number of fused-ring (bicyclic) bond motifs is 1. The molecule has 1 aliphatic rings. The van der Waals surface area contributed by atoms with Crippen LogP contribution in [0.25, 0.3) is 0 Å². The molecule has 98 valence electrons. The van der Waals surface area contributed by atoms with E-state index in [-0.39, 0.29) is 17.9 Å². The van der Waals surface area contributed by atoms with Gasteiger partial charge in [-0.2, -0.15) is 0 Å². The molecule has 0 radical (unpaired) electrons. The fourth-order valence-corrected chi connectivity index (χ4v) is 2.41. The Kier molecular flexibility index (Phi) is 4.33. The van der Waals surface area contributed by atoms with Crippen LogP contribution in [-0.4, -0.2) is 32.2 Å². The Morgan fingerprint density at radius 3 is 3.06 bits per heavy atom. The number of hydrogen-bond donors (Lipinski definition) is 2. The Labute approximate surface area is 108 Å². The SMILES string of the molecule is COCCNC(=O)C1c2ccccc2CNC1C. The summed E-state index contributed by atoms with van der Waals surface area (Å²) in [5, 5.41) is 6.29. The van der Waals surface area contributed by atoms with Gasteiger partial charge in [0, 0.05) is 26.2 Å². The normalized spacial score (nSPS) is 22.3. The highest BCUT2D eigenvalue weighted by atomic mass is 16.5. The van der Waals surface area contributed by atoms with E-state index in [9.17, 15) is 4.79 Å². The van der Waals surface area contributed by atoms with E-state index in [1.54, 1.807) is 7.11 Å². The molecule has 2 unspecified atom stereocenters. The second-order valence-corrected chi connectivity index (χ2v) is 4.63. The average molecular weight is 248 g/mol. The maximum Gasteiger partial charge on any atom is 0.229 e. The fraction of sp³-hybridized carbons (Fsp3) is 0.500. The van der Waals surface area contributed by atoms with Crippen LogP contribution < -0.4 is 10.6 Å². The largest absolute Gasteiger partial charge is 0.383 e. The molecule has 0 aromatic heterocycles. The van der Waals surface area contributed by atoms with Gasteiger partial charge in [-0.1, -0.05) is 24.3 Å². The molecule has 0 spiro atoms. The molecule has 4 heteroatoms. The van der Waals surface area contributed by atoms with Gasteiger partial charge >= 0.3 is 0 Å². The molecule has 1 aliphatic heterocycles. The number of rotatable bonds is 4. The van der Waals surface area contributed by atoms with Crippen molar-refractivity contribution in [2.24, 2.45) is 0 Å². The van der Waals surface area contributed by atoms with Crippen molar-refractivity contribution >= 4 is 5.91 Å². The zero-order valence-corrected chi connectivity index (χ0v) is 10.9. The van der Waals surface area contributed by atoms with Crippen molar-refractivity contribution in [3.8, 4) is 0 Å². The second-order valence-electron chi connectivity index (χ2n) is 4.63. The molecule has 2 atom stereocenters. The number of benzene rings is 1. The van der Waals surface area contributed by atoms with E-state index in [1.165, 1.54) is 5.56 Å². The Hall–Kier alpha value is -1.39. The van der Waals surface area contributed by atoms with Gasteiger partial charge in [0.25, 0.3) is 0 Å². The van der Waals surface area contributed by atoms with Crippen LogP contribution in [-0.2, 0) is 16.1 Å². The number of methoxy groups -OCH3 is 1. The van der Waals surface area contributed by atoms with Crippen LogP contribution in [0.2, 0.25) is 0 Å². The highest BCUT2D eigenvalue weighted by Gasteiger charge is 2.31. The second kappa shape index (κ2) is 5.98. The van der Waals surface area contributed by atoms with Crippen LogP contribution in [0.3, 0.4) is 0 Å². The number of amides is 1. The molecule has 0 fully saturated rings. The summed E-state index contributed by atoms with van der Waals surface area (Å²) < 4.78 is 4.95. The lowest BCUT2D eigenvalue weighted by Gasteiger charge is -2.31. The van der Waals surface area contributed by atoms with E-state index in [0.29, 0.717) is 13.2 Å². The summed E-state index contributed by atoms with van der Waals surface area (Å²) in [4.78, 5) is 12.2. The zero-order chi connectivity index (χ0) is 13.0. The van der Waals surface area contributed by atoms with Crippen LogP contribution in [0.5, 0.6) is 0 Å². The average Bonchev–Trinajstić information content (AvgIpc) is 2.38. The van der Waals surface area contributed by atoms with Gasteiger partial charge in [-0.25, -0.2) is 0 Å². The first-order valence-electron chi connectivity index (χ1n) is 6.32. The van der Waals surface area contributed by atoms with Crippen LogP contribution in [0.1, 0.15) is 24.0 Å². The zero-order valence-electron chi connectivity index (χ0n) is 10.9. The number of hydrogen-bond acceptors (Lipinski definition) is 3. The van der Waals surface area contributed by atoms with E-state index in [2.05, 4.69) is 23.6 Å². The number of carbonyl (C=O) groups excluding carboxylic acids is 1. The smallest absolute Gasteiger partial charge is 0.229 e. The quantitative estimate of drug-likeness (QED) is 0.782. The van der Waals surface area contributed by atoms with Gasteiger partial charge < -0.3 is 15.4 Å². The first-order chi connectivity index (χ1) is 8.74. The summed E-state index contributed by atoms with van der Waals surface area (Å²) in [5.74, 6) is -0.0500. The van der Waals surface area contributed by atoms with Crippen molar-refractivity contribution in [3.63, 3.8) is 0 Å². The molecule has 0 saturated heterocycles.